The molecule has 9 N–H and O–H groups in total. The Labute approximate surface area is 208 Å². The van der Waals surface area contributed by atoms with Crippen molar-refractivity contribution in [2.45, 2.75) is 106 Å². The van der Waals surface area contributed by atoms with Gasteiger partial charge in [-0.15, -0.1) is 0 Å². The molecule has 0 bridgehead atoms. The van der Waals surface area contributed by atoms with Gasteiger partial charge in [0.15, 0.2) is 18.9 Å². The van der Waals surface area contributed by atoms with Gasteiger partial charge in [0.05, 0.1) is 25.4 Å². The number of ether oxygens (including phenoxy) is 6. The largest absolute Gasteiger partial charge is 0.394 e. The molecule has 0 aromatic carbocycles. The van der Waals surface area contributed by atoms with Crippen molar-refractivity contribution in [3.8, 4) is 0 Å². The summed E-state index contributed by atoms with van der Waals surface area (Å²) >= 11 is 0. The Balaban J connectivity index is 1.91. The molecule has 3 fully saturated rings. The Kier molecular flexibility index (Phi) is 10.8. The molecule has 0 radical (unpaired) electrons. The van der Waals surface area contributed by atoms with E-state index in [4.69, 9.17) is 28.4 Å². The highest BCUT2D eigenvalue weighted by Gasteiger charge is 2.54. The van der Waals surface area contributed by atoms with Crippen LogP contribution in [0.2, 0.25) is 0 Å². The van der Waals surface area contributed by atoms with Crippen molar-refractivity contribution in [3.63, 3.8) is 0 Å². The van der Waals surface area contributed by atoms with E-state index in [0.29, 0.717) is 0 Å². The van der Waals surface area contributed by atoms with Crippen LogP contribution in [0.3, 0.4) is 0 Å². The molecule has 36 heavy (non-hydrogen) atoms. The van der Waals surface area contributed by atoms with Crippen molar-refractivity contribution in [3.05, 3.63) is 0 Å². The summed E-state index contributed by atoms with van der Waals surface area (Å²) in [6.07, 6.45) is -19.3. The Morgan fingerprint density at radius 3 is 1.75 bits per heavy atom. The molecule has 9 unspecified atom stereocenters. The Morgan fingerprint density at radius 2 is 1.19 bits per heavy atom. The van der Waals surface area contributed by atoms with Crippen LogP contribution in [0.4, 0.5) is 0 Å². The average Bonchev–Trinajstić information content (AvgIpc) is 2.87. The first-order valence-electron chi connectivity index (χ1n) is 12.0. The molecule has 0 aromatic rings. The van der Waals surface area contributed by atoms with Gasteiger partial charge in [0, 0.05) is 6.61 Å². The summed E-state index contributed by atoms with van der Waals surface area (Å²) in [5.41, 5.74) is 0. The summed E-state index contributed by atoms with van der Waals surface area (Å²) in [6.45, 7) is 2.16. The third-order valence-corrected chi connectivity index (χ3v) is 6.73. The molecule has 3 heterocycles. The zero-order valence-corrected chi connectivity index (χ0v) is 20.3. The maximum Gasteiger partial charge on any atom is 0.187 e. The summed E-state index contributed by atoms with van der Waals surface area (Å²) in [5.74, 6) is 0. The zero-order valence-electron chi connectivity index (χ0n) is 20.3. The number of nitrogens with one attached hydrogen (secondary N) is 1. The molecule has 0 aromatic heterocycles. The zero-order chi connectivity index (χ0) is 26.7. The van der Waals surface area contributed by atoms with Crippen molar-refractivity contribution in [1.29, 1.82) is 0 Å². The molecule has 0 amide bonds. The summed E-state index contributed by atoms with van der Waals surface area (Å²) in [5, 5.41) is 83.9. The van der Waals surface area contributed by atoms with Gasteiger partial charge in [0.25, 0.3) is 0 Å². The first kappa shape index (κ1) is 29.9. The Bertz CT molecular complexity index is 675. The monoisotopic (exact) mass is 529 g/mol. The van der Waals surface area contributed by atoms with E-state index in [1.807, 2.05) is 0 Å². The maximum absolute atomic E-state index is 10.5. The van der Waals surface area contributed by atoms with Crippen molar-refractivity contribution in [2.24, 2.45) is 0 Å². The van der Waals surface area contributed by atoms with Gasteiger partial charge in [-0.05, 0) is 20.9 Å². The second-order valence-corrected chi connectivity index (χ2v) is 9.08. The molecule has 3 aliphatic heterocycles. The van der Waals surface area contributed by atoms with E-state index in [2.05, 4.69) is 5.32 Å². The lowest BCUT2D eigenvalue weighted by Gasteiger charge is -2.50. The van der Waals surface area contributed by atoms with E-state index in [1.54, 1.807) is 14.0 Å². The number of rotatable bonds is 9. The molecule has 0 spiro atoms. The molecule has 15 nitrogen and oxygen atoms in total. The number of aliphatic hydroxyl groups excluding tert-OH is 8. The fourth-order valence-electron chi connectivity index (χ4n) is 4.60. The van der Waals surface area contributed by atoms with Crippen LogP contribution in [-0.4, -0.2) is 160 Å². The van der Waals surface area contributed by atoms with Gasteiger partial charge in [0.2, 0.25) is 0 Å². The van der Waals surface area contributed by atoms with Gasteiger partial charge in [0.1, 0.15) is 61.0 Å². The molecular weight excluding hydrogens is 490 g/mol. The molecule has 212 valence electrons. The van der Waals surface area contributed by atoms with Crippen molar-refractivity contribution in [2.75, 3.05) is 26.9 Å². The Morgan fingerprint density at radius 1 is 0.667 bits per heavy atom. The highest BCUT2D eigenvalue weighted by molar-refractivity contribution is 4.98. The van der Waals surface area contributed by atoms with Crippen LogP contribution in [0.1, 0.15) is 13.8 Å². The number of hydrogen-bond acceptors (Lipinski definition) is 15. The lowest BCUT2D eigenvalue weighted by Crippen LogP contribution is -2.69. The number of hydrogen-bond donors (Lipinski definition) is 9. The molecule has 15 heteroatoms. The second kappa shape index (κ2) is 13.0. The highest BCUT2D eigenvalue weighted by atomic mass is 16.8. The fourth-order valence-corrected chi connectivity index (χ4v) is 4.60. The standard InChI is InChI=1S/C21H39NO14/c1-4-31-19-10(22-3)18(36-20-15(29)13(27)11(25)7(2)32-20)17(9(6-24)34-19)35-21-16(30)14(28)12(26)8(5-23)33-21/h7-30H,4-6H2,1-3H3/t7?,8?,9?,10?,11-,12+,13?,14?,15?,16?,17-,18?,19-,20+,21+/m1/s1. The predicted molar refractivity (Wildman–Crippen MR) is 116 cm³/mol. The van der Waals surface area contributed by atoms with Crippen LogP contribution in [0.25, 0.3) is 0 Å². The van der Waals surface area contributed by atoms with Gasteiger partial charge in [-0.1, -0.05) is 0 Å². The normalized spacial score (nSPS) is 50.2. The van der Waals surface area contributed by atoms with Gasteiger partial charge in [-0.25, -0.2) is 0 Å². The minimum absolute atomic E-state index is 0.233. The van der Waals surface area contributed by atoms with Crippen LogP contribution in [0.5, 0.6) is 0 Å². The summed E-state index contributed by atoms with van der Waals surface area (Å²) in [4.78, 5) is 0. The molecular formula is C21H39NO14. The van der Waals surface area contributed by atoms with E-state index in [1.165, 1.54) is 6.92 Å². The van der Waals surface area contributed by atoms with Crippen LogP contribution < -0.4 is 5.32 Å². The van der Waals surface area contributed by atoms with E-state index in [0.717, 1.165) is 0 Å². The second-order valence-electron chi connectivity index (χ2n) is 9.08. The van der Waals surface area contributed by atoms with Gasteiger partial charge >= 0.3 is 0 Å². The van der Waals surface area contributed by atoms with E-state index in [9.17, 15) is 40.9 Å². The quantitative estimate of drug-likeness (QED) is 0.136. The maximum atomic E-state index is 10.5. The first-order valence-corrected chi connectivity index (χ1v) is 12.0. The SMILES string of the molecule is CCO[C@@H]1OC(CO)[C@@H](O[C@@H]2OC(CO)[C@H](O)C(O)C2O)C(O[C@@H]2OC(C)[C@@H](O)C(O)C2O)C1NC. The minimum Gasteiger partial charge on any atom is -0.394 e. The fraction of sp³-hybridized carbons (Fsp3) is 1.00. The van der Waals surface area contributed by atoms with E-state index < -0.39 is 105 Å². The summed E-state index contributed by atoms with van der Waals surface area (Å²) < 4.78 is 34.4. The number of aliphatic hydroxyl groups is 8. The third-order valence-electron chi connectivity index (χ3n) is 6.73. The lowest BCUT2D eigenvalue weighted by molar-refractivity contribution is -0.373. The third kappa shape index (κ3) is 6.01. The molecule has 3 aliphatic rings. The Hall–Kier alpha value is -0.600. The smallest absolute Gasteiger partial charge is 0.187 e. The van der Waals surface area contributed by atoms with Crippen LogP contribution in [-0.2, 0) is 28.4 Å². The first-order chi connectivity index (χ1) is 17.1. The lowest BCUT2D eigenvalue weighted by atomic mass is 9.94. The molecule has 0 aliphatic carbocycles. The van der Waals surface area contributed by atoms with Gasteiger partial charge < -0.3 is 74.6 Å². The summed E-state index contributed by atoms with van der Waals surface area (Å²) in [7, 11) is 1.57. The van der Waals surface area contributed by atoms with Crippen molar-refractivity contribution >= 4 is 0 Å². The predicted octanol–water partition coefficient (Wildman–Crippen LogP) is -5.27. The topological polar surface area (TPSA) is 229 Å². The van der Waals surface area contributed by atoms with Crippen LogP contribution in [0, 0.1) is 0 Å². The van der Waals surface area contributed by atoms with Gasteiger partial charge in [-0.3, -0.25) is 0 Å². The highest BCUT2D eigenvalue weighted by Crippen LogP contribution is 2.33. The molecule has 15 atom stereocenters. The minimum atomic E-state index is -1.74. The van der Waals surface area contributed by atoms with E-state index >= 15 is 0 Å². The van der Waals surface area contributed by atoms with Crippen molar-refractivity contribution in [1.82, 2.24) is 5.32 Å². The number of likely N-dealkylation sites (N-methyl/N-ethyl adjacent to an activating group) is 1. The van der Waals surface area contributed by atoms with Crippen LogP contribution >= 0.6 is 0 Å². The molecule has 0 saturated carbocycles. The summed E-state index contributed by atoms with van der Waals surface area (Å²) in [6, 6.07) is -0.808. The average molecular weight is 530 g/mol. The molecule has 3 rings (SSSR count). The van der Waals surface area contributed by atoms with Gasteiger partial charge in [-0.2, -0.15) is 0 Å². The van der Waals surface area contributed by atoms with Crippen molar-refractivity contribution < 1.29 is 69.3 Å². The van der Waals surface area contributed by atoms with Crippen LogP contribution in [0.15, 0.2) is 0 Å². The van der Waals surface area contributed by atoms with E-state index in [-0.39, 0.29) is 6.61 Å². The molecule has 3 saturated heterocycles.